The maximum Gasteiger partial charge on any atom is 0.261 e. The van der Waals surface area contributed by atoms with E-state index in [-0.39, 0.29) is 12.4 Å². The fourth-order valence-electron chi connectivity index (χ4n) is 0.901. The Bertz CT molecular complexity index is 244. The van der Waals surface area contributed by atoms with Gasteiger partial charge in [-0.15, -0.1) is 0 Å². The lowest BCUT2D eigenvalue weighted by Gasteiger charge is -2.05. The second-order valence-electron chi connectivity index (χ2n) is 3.20. The summed E-state index contributed by atoms with van der Waals surface area (Å²) in [5.41, 5.74) is 0. The molecular weight excluding hydrogens is 228 g/mol. The van der Waals surface area contributed by atoms with Crippen molar-refractivity contribution in [3.63, 3.8) is 0 Å². The first kappa shape index (κ1) is 14.7. The molecule has 0 unspecified atom stereocenters. The van der Waals surface area contributed by atoms with Gasteiger partial charge in [-0.1, -0.05) is 0 Å². The highest BCUT2D eigenvalue weighted by molar-refractivity contribution is 7.90. The summed E-state index contributed by atoms with van der Waals surface area (Å²) in [6, 6.07) is 0. The van der Waals surface area contributed by atoms with E-state index in [4.69, 9.17) is 0 Å². The Balaban J connectivity index is 3.12. The molecule has 4 nitrogen and oxygen atoms in total. The van der Waals surface area contributed by atoms with Crippen molar-refractivity contribution in [2.75, 3.05) is 38.3 Å². The van der Waals surface area contributed by atoms with Gasteiger partial charge in [-0.3, -0.25) is 0 Å². The van der Waals surface area contributed by atoms with Crippen LogP contribution in [0.4, 0.5) is 8.78 Å². The standard InChI is InChI=1S/C8H17F2NO3S/c1-15(12,13)6-2-3-11-4-5-14-7-8(9)10/h8,11H,2-7H2,1H3. The molecule has 0 atom stereocenters. The molecule has 0 aromatic rings. The summed E-state index contributed by atoms with van der Waals surface area (Å²) in [5.74, 6) is 0.137. The first-order valence-electron chi connectivity index (χ1n) is 4.66. The molecule has 7 heteroatoms. The van der Waals surface area contributed by atoms with E-state index >= 15 is 0 Å². The molecule has 0 bridgehead atoms. The molecule has 0 amide bonds. The van der Waals surface area contributed by atoms with Gasteiger partial charge in [0.15, 0.2) is 0 Å². The molecular formula is C8H17F2NO3S. The highest BCUT2D eigenvalue weighted by Gasteiger charge is 2.02. The van der Waals surface area contributed by atoms with E-state index in [0.717, 1.165) is 0 Å². The highest BCUT2D eigenvalue weighted by Crippen LogP contribution is 1.91. The van der Waals surface area contributed by atoms with Gasteiger partial charge in [-0.25, -0.2) is 17.2 Å². The van der Waals surface area contributed by atoms with Crippen molar-refractivity contribution in [1.82, 2.24) is 5.32 Å². The van der Waals surface area contributed by atoms with Gasteiger partial charge in [0.1, 0.15) is 16.4 Å². The highest BCUT2D eigenvalue weighted by atomic mass is 32.2. The monoisotopic (exact) mass is 245 g/mol. The van der Waals surface area contributed by atoms with Crippen molar-refractivity contribution in [3.05, 3.63) is 0 Å². The fraction of sp³-hybridized carbons (Fsp3) is 1.00. The van der Waals surface area contributed by atoms with Crippen LogP contribution in [0.1, 0.15) is 6.42 Å². The lowest BCUT2D eigenvalue weighted by molar-refractivity contribution is 0.0188. The van der Waals surface area contributed by atoms with Gasteiger partial charge < -0.3 is 10.1 Å². The number of sulfone groups is 1. The van der Waals surface area contributed by atoms with Crippen LogP contribution in [0, 0.1) is 0 Å². The first-order valence-corrected chi connectivity index (χ1v) is 6.72. The van der Waals surface area contributed by atoms with Crippen LogP contribution in [0.3, 0.4) is 0 Å². The van der Waals surface area contributed by atoms with E-state index in [1.54, 1.807) is 0 Å². The maximum absolute atomic E-state index is 11.6. The molecule has 0 spiro atoms. The molecule has 0 rings (SSSR count). The summed E-state index contributed by atoms with van der Waals surface area (Å²) >= 11 is 0. The van der Waals surface area contributed by atoms with Crippen LogP contribution < -0.4 is 5.32 Å². The van der Waals surface area contributed by atoms with Crippen molar-refractivity contribution in [3.8, 4) is 0 Å². The predicted octanol–water partition coefficient (Wildman–Crippen LogP) is 0.292. The van der Waals surface area contributed by atoms with Gasteiger partial charge in [-0.05, 0) is 13.0 Å². The summed E-state index contributed by atoms with van der Waals surface area (Å²) in [4.78, 5) is 0. The lowest BCUT2D eigenvalue weighted by Crippen LogP contribution is -2.23. The SMILES string of the molecule is CS(=O)(=O)CCCNCCOCC(F)F. The zero-order valence-corrected chi connectivity index (χ0v) is 9.53. The van der Waals surface area contributed by atoms with Crippen LogP contribution in [0.25, 0.3) is 0 Å². The van der Waals surface area contributed by atoms with Gasteiger partial charge in [0, 0.05) is 12.8 Å². The van der Waals surface area contributed by atoms with Crippen LogP contribution in [0.5, 0.6) is 0 Å². The minimum absolute atomic E-state index is 0.137. The number of nitrogens with one attached hydrogen (secondary N) is 1. The zero-order valence-electron chi connectivity index (χ0n) is 8.71. The van der Waals surface area contributed by atoms with Crippen molar-refractivity contribution < 1.29 is 21.9 Å². The molecule has 15 heavy (non-hydrogen) atoms. The second kappa shape index (κ2) is 7.95. The normalized spacial score (nSPS) is 12.3. The van der Waals surface area contributed by atoms with Crippen LogP contribution >= 0.6 is 0 Å². The first-order chi connectivity index (χ1) is 6.92. The van der Waals surface area contributed by atoms with E-state index in [1.807, 2.05) is 0 Å². The minimum atomic E-state index is -2.90. The van der Waals surface area contributed by atoms with Gasteiger partial charge in [0.25, 0.3) is 6.43 Å². The Hall–Kier alpha value is -0.270. The zero-order chi connectivity index (χ0) is 11.7. The number of hydrogen-bond acceptors (Lipinski definition) is 4. The molecule has 0 aliphatic carbocycles. The Kier molecular flexibility index (Phi) is 7.81. The largest absolute Gasteiger partial charge is 0.374 e. The third-order valence-electron chi connectivity index (χ3n) is 1.54. The Morgan fingerprint density at radius 2 is 2.00 bits per heavy atom. The predicted molar refractivity (Wildman–Crippen MR) is 54.0 cm³/mol. The molecule has 0 fully saturated rings. The second-order valence-corrected chi connectivity index (χ2v) is 5.46. The Morgan fingerprint density at radius 1 is 1.33 bits per heavy atom. The van der Waals surface area contributed by atoms with Crippen molar-refractivity contribution in [1.29, 1.82) is 0 Å². The van der Waals surface area contributed by atoms with E-state index in [1.165, 1.54) is 6.26 Å². The van der Waals surface area contributed by atoms with E-state index < -0.39 is 22.9 Å². The average molecular weight is 245 g/mol. The molecule has 0 radical (unpaired) electrons. The van der Waals surface area contributed by atoms with Crippen LogP contribution in [-0.2, 0) is 14.6 Å². The molecule has 1 N–H and O–H groups in total. The van der Waals surface area contributed by atoms with Gasteiger partial charge in [-0.2, -0.15) is 0 Å². The number of alkyl halides is 2. The smallest absolute Gasteiger partial charge is 0.261 e. The Labute approximate surface area is 88.9 Å². The lowest BCUT2D eigenvalue weighted by atomic mass is 10.5. The molecule has 0 aromatic carbocycles. The topological polar surface area (TPSA) is 55.4 Å². The van der Waals surface area contributed by atoms with Gasteiger partial charge in [0.2, 0.25) is 0 Å². The maximum atomic E-state index is 11.6. The molecule has 0 saturated heterocycles. The van der Waals surface area contributed by atoms with Crippen molar-refractivity contribution in [2.24, 2.45) is 0 Å². The number of halogens is 2. The third-order valence-corrected chi connectivity index (χ3v) is 2.57. The molecule has 92 valence electrons. The fourth-order valence-corrected chi connectivity index (χ4v) is 1.57. The van der Waals surface area contributed by atoms with E-state index in [2.05, 4.69) is 10.1 Å². The third kappa shape index (κ3) is 13.7. The Morgan fingerprint density at radius 3 is 2.53 bits per heavy atom. The number of hydrogen-bond donors (Lipinski definition) is 1. The molecule has 0 aliphatic heterocycles. The minimum Gasteiger partial charge on any atom is -0.374 e. The summed E-state index contributed by atoms with van der Waals surface area (Å²) in [7, 11) is -2.90. The van der Waals surface area contributed by atoms with E-state index in [0.29, 0.717) is 19.5 Å². The summed E-state index contributed by atoms with van der Waals surface area (Å²) in [6.07, 6.45) is -0.734. The summed E-state index contributed by atoms with van der Waals surface area (Å²) in [6.45, 7) is 0.663. The van der Waals surface area contributed by atoms with E-state index in [9.17, 15) is 17.2 Å². The molecule has 0 heterocycles. The quantitative estimate of drug-likeness (QED) is 0.593. The number of rotatable bonds is 9. The van der Waals surface area contributed by atoms with Crippen LogP contribution in [0.15, 0.2) is 0 Å². The number of ether oxygens (including phenoxy) is 1. The van der Waals surface area contributed by atoms with Crippen LogP contribution in [-0.4, -0.2) is 53.2 Å². The summed E-state index contributed by atoms with van der Waals surface area (Å²) < 4.78 is 49.2. The van der Waals surface area contributed by atoms with Crippen molar-refractivity contribution in [2.45, 2.75) is 12.8 Å². The summed E-state index contributed by atoms with van der Waals surface area (Å²) in [5, 5.41) is 2.90. The molecule has 0 saturated carbocycles. The van der Waals surface area contributed by atoms with Gasteiger partial charge in [0.05, 0.1) is 12.4 Å². The van der Waals surface area contributed by atoms with Crippen LogP contribution in [0.2, 0.25) is 0 Å². The molecule has 0 aromatic heterocycles. The van der Waals surface area contributed by atoms with Gasteiger partial charge >= 0.3 is 0 Å². The van der Waals surface area contributed by atoms with Crippen molar-refractivity contribution >= 4 is 9.84 Å². The molecule has 0 aliphatic rings. The average Bonchev–Trinajstić information content (AvgIpc) is 2.07.